The maximum Gasteiger partial charge on any atom is 0.250 e. The van der Waals surface area contributed by atoms with E-state index in [0.717, 1.165) is 39.9 Å². The van der Waals surface area contributed by atoms with Crippen LogP contribution in [0, 0.1) is 6.92 Å². The van der Waals surface area contributed by atoms with Crippen molar-refractivity contribution in [1.29, 1.82) is 0 Å². The maximum absolute atomic E-state index is 12.5. The molecular formula is C13H16BrN3O2S2. The second kappa shape index (κ2) is 5.49. The van der Waals surface area contributed by atoms with Crippen molar-refractivity contribution in [2.24, 2.45) is 7.05 Å². The van der Waals surface area contributed by atoms with Crippen molar-refractivity contribution < 1.29 is 8.42 Å². The predicted octanol–water partition coefficient (Wildman–Crippen LogP) is 2.91. The van der Waals surface area contributed by atoms with Crippen LogP contribution in [-0.4, -0.2) is 18.2 Å². The number of hydrogen-bond donors (Lipinski definition) is 1. The topological polar surface area (TPSA) is 64.0 Å². The third-order valence-electron chi connectivity index (χ3n) is 3.77. The molecule has 0 saturated heterocycles. The van der Waals surface area contributed by atoms with Crippen LogP contribution >= 0.6 is 27.3 Å². The van der Waals surface area contributed by atoms with Gasteiger partial charge >= 0.3 is 0 Å². The Balaban J connectivity index is 1.90. The molecular weight excluding hydrogens is 374 g/mol. The second-order valence-electron chi connectivity index (χ2n) is 5.26. The number of hydrogen-bond acceptors (Lipinski definition) is 4. The molecule has 3 rings (SSSR count). The van der Waals surface area contributed by atoms with E-state index >= 15 is 0 Å². The molecule has 5 nitrogen and oxygen atoms in total. The zero-order valence-corrected chi connectivity index (χ0v) is 15.0. The number of thiophene rings is 1. The molecule has 0 bridgehead atoms. The average Bonchev–Trinajstić information content (AvgIpc) is 2.96. The lowest BCUT2D eigenvalue weighted by Crippen LogP contribution is -2.30. The van der Waals surface area contributed by atoms with E-state index in [2.05, 4.69) is 25.8 Å². The van der Waals surface area contributed by atoms with Crippen molar-refractivity contribution in [3.05, 3.63) is 32.9 Å². The van der Waals surface area contributed by atoms with Gasteiger partial charge in [-0.25, -0.2) is 13.1 Å². The molecule has 1 atom stereocenters. The van der Waals surface area contributed by atoms with Crippen molar-refractivity contribution in [1.82, 2.24) is 14.5 Å². The number of nitrogens with zero attached hydrogens (tertiary/aromatic N) is 2. The fourth-order valence-electron chi connectivity index (χ4n) is 2.64. The van der Waals surface area contributed by atoms with Gasteiger partial charge in [0, 0.05) is 18.3 Å². The van der Waals surface area contributed by atoms with Crippen molar-refractivity contribution in [2.45, 2.75) is 36.4 Å². The van der Waals surface area contributed by atoms with Gasteiger partial charge in [-0.15, -0.1) is 11.3 Å². The number of rotatable bonds is 3. The minimum atomic E-state index is -3.49. The van der Waals surface area contributed by atoms with E-state index in [1.165, 1.54) is 11.3 Å². The number of sulfonamides is 1. The summed E-state index contributed by atoms with van der Waals surface area (Å²) in [5.74, 6) is 0. The van der Waals surface area contributed by atoms with Crippen LogP contribution in [0.3, 0.4) is 0 Å². The minimum absolute atomic E-state index is 0.186. The van der Waals surface area contributed by atoms with E-state index in [1.54, 1.807) is 12.3 Å². The highest BCUT2D eigenvalue weighted by atomic mass is 79.9. The summed E-state index contributed by atoms with van der Waals surface area (Å²) < 4.78 is 30.9. The molecule has 21 heavy (non-hydrogen) atoms. The average molecular weight is 390 g/mol. The number of aromatic nitrogens is 2. The van der Waals surface area contributed by atoms with Crippen LogP contribution in [-0.2, 0) is 23.5 Å². The van der Waals surface area contributed by atoms with Gasteiger partial charge in [0.25, 0.3) is 10.0 Å². The fourth-order valence-corrected chi connectivity index (χ4v) is 6.13. The summed E-state index contributed by atoms with van der Waals surface area (Å²) in [6, 6.07) is 1.51. The molecule has 0 saturated carbocycles. The molecule has 1 aliphatic rings. The summed E-state index contributed by atoms with van der Waals surface area (Å²) in [7, 11) is -1.60. The first-order valence-corrected chi connectivity index (χ1v) is 9.77. The van der Waals surface area contributed by atoms with Gasteiger partial charge in [-0.3, -0.25) is 4.68 Å². The number of aryl methyl sites for hydroxylation is 2. The van der Waals surface area contributed by atoms with Gasteiger partial charge in [-0.1, -0.05) is 0 Å². The summed E-state index contributed by atoms with van der Waals surface area (Å²) in [6.45, 7) is 1.89. The number of fused-ring (bicyclic) bond motifs is 1. The smallest absolute Gasteiger partial charge is 0.250 e. The van der Waals surface area contributed by atoms with Crippen molar-refractivity contribution in [2.75, 3.05) is 0 Å². The largest absolute Gasteiger partial charge is 0.272 e. The van der Waals surface area contributed by atoms with Crippen molar-refractivity contribution in [3.8, 4) is 0 Å². The van der Waals surface area contributed by atoms with Crippen LogP contribution in [0.25, 0.3) is 0 Å². The lowest BCUT2D eigenvalue weighted by atomic mass is 9.94. The van der Waals surface area contributed by atoms with Crippen LogP contribution in [0.15, 0.2) is 20.3 Å². The first-order chi connectivity index (χ1) is 9.88. The van der Waals surface area contributed by atoms with Crippen LogP contribution in [0.4, 0.5) is 0 Å². The molecule has 1 N–H and O–H groups in total. The van der Waals surface area contributed by atoms with Crippen molar-refractivity contribution in [3.63, 3.8) is 0 Å². The molecule has 1 aliphatic carbocycles. The quantitative estimate of drug-likeness (QED) is 0.877. The summed E-state index contributed by atoms with van der Waals surface area (Å²) in [4.78, 5) is 0. The molecule has 8 heteroatoms. The Morgan fingerprint density at radius 2 is 2.29 bits per heavy atom. The Hall–Kier alpha value is -0.700. The van der Waals surface area contributed by atoms with Gasteiger partial charge in [-0.05, 0) is 53.7 Å². The first kappa shape index (κ1) is 15.2. The third kappa shape index (κ3) is 2.81. The zero-order chi connectivity index (χ0) is 15.2. The van der Waals surface area contributed by atoms with E-state index in [0.29, 0.717) is 4.21 Å². The summed E-state index contributed by atoms with van der Waals surface area (Å²) >= 11 is 4.62. The molecule has 2 aromatic heterocycles. The molecule has 0 radical (unpaired) electrons. The predicted molar refractivity (Wildman–Crippen MR) is 86.0 cm³/mol. The molecule has 0 spiro atoms. The number of nitrogens with one attached hydrogen (secondary N) is 1. The van der Waals surface area contributed by atoms with Crippen LogP contribution in [0.5, 0.6) is 0 Å². The van der Waals surface area contributed by atoms with Gasteiger partial charge in [-0.2, -0.15) is 5.10 Å². The molecule has 0 aliphatic heterocycles. The second-order valence-corrected chi connectivity index (χ2v) is 9.57. The molecule has 0 fully saturated rings. The Labute approximate surface area is 136 Å². The monoisotopic (exact) mass is 389 g/mol. The van der Waals surface area contributed by atoms with Gasteiger partial charge in [0.1, 0.15) is 4.21 Å². The lowest BCUT2D eigenvalue weighted by Gasteiger charge is -2.23. The molecule has 0 aromatic carbocycles. The molecule has 2 aromatic rings. The molecule has 2 heterocycles. The van der Waals surface area contributed by atoms with Gasteiger partial charge in [0.15, 0.2) is 0 Å². The Kier molecular flexibility index (Phi) is 3.98. The fraction of sp³-hybridized carbons (Fsp3) is 0.462. The van der Waals surface area contributed by atoms with E-state index in [4.69, 9.17) is 0 Å². The van der Waals surface area contributed by atoms with Gasteiger partial charge in [0.05, 0.1) is 16.0 Å². The van der Waals surface area contributed by atoms with Crippen LogP contribution in [0.2, 0.25) is 0 Å². The number of halogens is 1. The van der Waals surface area contributed by atoms with Crippen LogP contribution < -0.4 is 4.72 Å². The lowest BCUT2D eigenvalue weighted by molar-refractivity contribution is 0.499. The first-order valence-electron chi connectivity index (χ1n) is 6.67. The van der Waals surface area contributed by atoms with E-state index in [1.807, 2.05) is 18.7 Å². The Morgan fingerprint density at radius 3 is 2.95 bits per heavy atom. The zero-order valence-electron chi connectivity index (χ0n) is 11.8. The minimum Gasteiger partial charge on any atom is -0.272 e. The highest BCUT2D eigenvalue weighted by Gasteiger charge is 2.29. The van der Waals surface area contributed by atoms with Crippen LogP contribution in [0.1, 0.15) is 35.7 Å². The highest BCUT2D eigenvalue weighted by Crippen LogP contribution is 2.34. The third-order valence-corrected chi connectivity index (χ3v) is 7.85. The standard InChI is InChI=1S/C13H16BrN3O2S2/c1-8-6-12(20-13(8)14)21(18,19)16-10-4-3-5-11-9(10)7-15-17(11)2/h6-7,10,16H,3-5H2,1-2H3. The molecule has 0 amide bonds. The highest BCUT2D eigenvalue weighted by molar-refractivity contribution is 9.11. The Morgan fingerprint density at radius 1 is 1.52 bits per heavy atom. The van der Waals surface area contributed by atoms with E-state index in [9.17, 15) is 8.42 Å². The molecule has 114 valence electrons. The summed E-state index contributed by atoms with van der Waals surface area (Å²) in [6.07, 6.45) is 4.50. The summed E-state index contributed by atoms with van der Waals surface area (Å²) in [5.41, 5.74) is 3.06. The van der Waals surface area contributed by atoms with E-state index in [-0.39, 0.29) is 6.04 Å². The van der Waals surface area contributed by atoms with Crippen molar-refractivity contribution >= 4 is 37.3 Å². The molecule has 1 unspecified atom stereocenters. The van der Waals surface area contributed by atoms with Gasteiger partial charge < -0.3 is 0 Å². The summed E-state index contributed by atoms with van der Waals surface area (Å²) in [5, 5.41) is 4.25. The van der Waals surface area contributed by atoms with E-state index < -0.39 is 10.0 Å². The SMILES string of the molecule is Cc1cc(S(=O)(=O)NC2CCCc3c2cnn3C)sc1Br. The normalized spacial score (nSPS) is 18.7. The maximum atomic E-state index is 12.5. The van der Waals surface area contributed by atoms with Gasteiger partial charge in [0.2, 0.25) is 0 Å². The Bertz CT molecular complexity index is 760.